The van der Waals surface area contributed by atoms with Crippen molar-refractivity contribution < 1.29 is 33.7 Å². The zero-order valence-electron chi connectivity index (χ0n) is 18.0. The third kappa shape index (κ3) is 8.53. The highest BCUT2D eigenvalue weighted by molar-refractivity contribution is 6.02. The van der Waals surface area contributed by atoms with Gasteiger partial charge in [0.1, 0.15) is 24.6 Å². The summed E-state index contributed by atoms with van der Waals surface area (Å²) in [5.74, 6) is -0.403. The van der Waals surface area contributed by atoms with Crippen molar-refractivity contribution in [2.24, 2.45) is 0 Å². The molecular weight excluding hydrogens is 400 g/mol. The molecule has 0 bridgehead atoms. The number of hydrogen-bond donors (Lipinski definition) is 1. The molecule has 0 aromatic heterocycles. The van der Waals surface area contributed by atoms with Crippen molar-refractivity contribution in [3.05, 3.63) is 42.5 Å². The molecule has 1 N–H and O–H groups in total. The van der Waals surface area contributed by atoms with Crippen LogP contribution in [0.5, 0.6) is 5.75 Å². The Morgan fingerprint density at radius 2 is 1.65 bits per heavy atom. The highest BCUT2D eigenvalue weighted by Crippen LogP contribution is 2.31. The number of Topliss-reactive ketones (excluding diaryl/α,β-unsaturated/α-hetero) is 1. The van der Waals surface area contributed by atoms with Crippen molar-refractivity contribution in [2.75, 3.05) is 19.8 Å². The molecule has 1 aromatic rings. The van der Waals surface area contributed by atoms with Gasteiger partial charge in [-0.05, 0) is 56.4 Å². The van der Waals surface area contributed by atoms with Gasteiger partial charge in [-0.15, -0.1) is 0 Å². The lowest BCUT2D eigenvalue weighted by Gasteiger charge is -2.30. The molecule has 31 heavy (non-hydrogen) atoms. The van der Waals surface area contributed by atoms with Gasteiger partial charge in [-0.3, -0.25) is 9.59 Å². The Balaban J connectivity index is 1.59. The number of unbranched alkanes of at least 4 members (excludes halogenated alkanes) is 2. The van der Waals surface area contributed by atoms with Gasteiger partial charge < -0.3 is 19.3 Å². The van der Waals surface area contributed by atoms with E-state index in [4.69, 9.17) is 14.2 Å². The van der Waals surface area contributed by atoms with Gasteiger partial charge in [-0.25, -0.2) is 4.79 Å². The van der Waals surface area contributed by atoms with E-state index in [1.54, 1.807) is 24.3 Å². The predicted octanol–water partition coefficient (Wildman–Crippen LogP) is 3.78. The summed E-state index contributed by atoms with van der Waals surface area (Å²) in [7, 11) is 0. The number of rotatable bonds is 13. The van der Waals surface area contributed by atoms with Crippen molar-refractivity contribution in [3.63, 3.8) is 0 Å². The van der Waals surface area contributed by atoms with Crippen LogP contribution in [0.25, 0.3) is 0 Å². The largest absolute Gasteiger partial charge is 0.490 e. The van der Waals surface area contributed by atoms with E-state index in [2.05, 4.69) is 6.58 Å². The summed E-state index contributed by atoms with van der Waals surface area (Å²) in [6.07, 6.45) is 7.34. The highest BCUT2D eigenvalue weighted by atomic mass is 16.6. The van der Waals surface area contributed by atoms with Crippen LogP contribution in [0.2, 0.25) is 0 Å². The molecule has 0 aliphatic heterocycles. The van der Waals surface area contributed by atoms with Crippen molar-refractivity contribution in [1.29, 1.82) is 0 Å². The quantitative estimate of drug-likeness (QED) is 0.219. The van der Waals surface area contributed by atoms with E-state index in [0.717, 1.165) is 31.8 Å². The molecular formula is C24H32O7. The first-order chi connectivity index (χ1) is 14.9. The standard InChI is InChI=1S/C24H32O7/c1-2-21(25)30-16-8-3-5-9-22(26)31-18-17-29-20-12-10-19(11-13-20)23(27)24(28)14-6-4-7-15-24/h2,10-13,28H,1,3-9,14-18H2. The third-order valence-electron chi connectivity index (χ3n) is 5.27. The molecule has 1 aromatic carbocycles. The Kier molecular flexibility index (Phi) is 10.2. The summed E-state index contributed by atoms with van der Waals surface area (Å²) >= 11 is 0. The van der Waals surface area contributed by atoms with Crippen LogP contribution in [0.3, 0.4) is 0 Å². The van der Waals surface area contributed by atoms with E-state index in [-0.39, 0.29) is 25.0 Å². The van der Waals surface area contributed by atoms with Gasteiger partial charge in [0.2, 0.25) is 0 Å². The van der Waals surface area contributed by atoms with Crippen LogP contribution < -0.4 is 4.74 Å². The van der Waals surface area contributed by atoms with Crippen LogP contribution in [0.1, 0.15) is 68.1 Å². The maximum absolute atomic E-state index is 12.6. The normalized spacial score (nSPS) is 15.0. The molecule has 0 saturated heterocycles. The summed E-state index contributed by atoms with van der Waals surface area (Å²) in [4.78, 5) is 35.2. The molecule has 170 valence electrons. The Morgan fingerprint density at radius 3 is 2.32 bits per heavy atom. The number of ether oxygens (including phenoxy) is 3. The van der Waals surface area contributed by atoms with E-state index < -0.39 is 11.6 Å². The van der Waals surface area contributed by atoms with Gasteiger partial charge in [-0.2, -0.15) is 0 Å². The van der Waals surface area contributed by atoms with Crippen LogP contribution in [0, 0.1) is 0 Å². The van der Waals surface area contributed by atoms with Crippen molar-refractivity contribution in [2.45, 2.75) is 63.4 Å². The van der Waals surface area contributed by atoms with E-state index >= 15 is 0 Å². The second kappa shape index (κ2) is 12.9. The second-order valence-corrected chi connectivity index (χ2v) is 7.70. The average molecular weight is 433 g/mol. The topological polar surface area (TPSA) is 99.1 Å². The lowest BCUT2D eigenvalue weighted by atomic mass is 9.79. The van der Waals surface area contributed by atoms with Crippen molar-refractivity contribution in [3.8, 4) is 5.75 Å². The van der Waals surface area contributed by atoms with Gasteiger partial charge in [0.15, 0.2) is 5.78 Å². The average Bonchev–Trinajstić information content (AvgIpc) is 2.79. The molecule has 0 amide bonds. The van der Waals surface area contributed by atoms with Gasteiger partial charge in [0.25, 0.3) is 0 Å². The summed E-state index contributed by atoms with van der Waals surface area (Å²) < 4.78 is 15.5. The lowest BCUT2D eigenvalue weighted by molar-refractivity contribution is -0.144. The zero-order valence-corrected chi connectivity index (χ0v) is 18.0. The second-order valence-electron chi connectivity index (χ2n) is 7.70. The maximum atomic E-state index is 12.6. The fourth-order valence-corrected chi connectivity index (χ4v) is 3.50. The first kappa shape index (κ1) is 24.6. The van der Waals surface area contributed by atoms with Gasteiger partial charge >= 0.3 is 11.9 Å². The molecule has 7 heteroatoms. The van der Waals surface area contributed by atoms with Gasteiger partial charge in [0.05, 0.1) is 6.61 Å². The Labute approximate surface area is 183 Å². The summed E-state index contributed by atoms with van der Waals surface area (Å²) in [5.41, 5.74) is -0.771. The monoisotopic (exact) mass is 432 g/mol. The van der Waals surface area contributed by atoms with E-state index in [9.17, 15) is 19.5 Å². The van der Waals surface area contributed by atoms with Gasteiger partial charge in [0, 0.05) is 18.1 Å². The molecule has 7 nitrogen and oxygen atoms in total. The summed E-state index contributed by atoms with van der Waals surface area (Å²) in [6.45, 7) is 3.98. The maximum Gasteiger partial charge on any atom is 0.330 e. The van der Waals surface area contributed by atoms with Crippen molar-refractivity contribution >= 4 is 17.7 Å². The molecule has 1 aliphatic rings. The SMILES string of the molecule is C=CC(=O)OCCCCCC(=O)OCCOc1ccc(C(=O)C2(O)CCCCC2)cc1. The third-order valence-corrected chi connectivity index (χ3v) is 5.27. The molecule has 0 unspecified atom stereocenters. The number of carbonyl (C=O) groups excluding carboxylic acids is 3. The molecule has 0 heterocycles. The highest BCUT2D eigenvalue weighted by Gasteiger charge is 2.37. The minimum absolute atomic E-state index is 0.135. The smallest absolute Gasteiger partial charge is 0.330 e. The molecule has 0 atom stereocenters. The van der Waals surface area contributed by atoms with Crippen LogP contribution in [0.4, 0.5) is 0 Å². The summed E-state index contributed by atoms with van der Waals surface area (Å²) in [5, 5.41) is 10.6. The number of carbonyl (C=O) groups is 3. The molecule has 0 spiro atoms. The molecule has 1 aliphatic carbocycles. The van der Waals surface area contributed by atoms with Crippen LogP contribution in [0.15, 0.2) is 36.9 Å². The first-order valence-corrected chi connectivity index (χ1v) is 10.9. The number of ketones is 1. The Hall–Kier alpha value is -2.67. The summed E-state index contributed by atoms with van der Waals surface area (Å²) in [6, 6.07) is 6.67. The number of benzene rings is 1. The minimum atomic E-state index is -1.25. The van der Waals surface area contributed by atoms with Gasteiger partial charge in [-0.1, -0.05) is 25.8 Å². The number of aliphatic hydroxyl groups is 1. The fraction of sp³-hybridized carbons (Fsp3) is 0.542. The number of esters is 2. The van der Waals surface area contributed by atoms with Crippen molar-refractivity contribution in [1.82, 2.24) is 0 Å². The van der Waals surface area contributed by atoms with Crippen LogP contribution in [-0.2, 0) is 19.1 Å². The molecule has 1 fully saturated rings. The molecule has 2 rings (SSSR count). The lowest BCUT2D eigenvalue weighted by Crippen LogP contribution is -2.40. The van der Waals surface area contributed by atoms with Crippen LogP contribution in [-0.4, -0.2) is 48.3 Å². The van der Waals surface area contributed by atoms with Crippen LogP contribution >= 0.6 is 0 Å². The first-order valence-electron chi connectivity index (χ1n) is 10.9. The zero-order chi connectivity index (χ0) is 22.5. The van der Waals surface area contributed by atoms with E-state index in [1.165, 1.54) is 0 Å². The van der Waals surface area contributed by atoms with E-state index in [0.29, 0.717) is 50.0 Å². The number of hydrogen-bond acceptors (Lipinski definition) is 7. The molecule has 0 radical (unpaired) electrons. The minimum Gasteiger partial charge on any atom is -0.490 e. The predicted molar refractivity (Wildman–Crippen MR) is 115 cm³/mol. The Bertz CT molecular complexity index is 733. The Morgan fingerprint density at radius 1 is 0.935 bits per heavy atom. The molecule has 1 saturated carbocycles. The fourth-order valence-electron chi connectivity index (χ4n) is 3.50. The van der Waals surface area contributed by atoms with E-state index in [1.807, 2.05) is 0 Å².